The first-order valence-corrected chi connectivity index (χ1v) is 4.54. The molecule has 0 aliphatic rings. The molecule has 0 amide bonds. The van der Waals surface area contributed by atoms with E-state index >= 15 is 0 Å². The summed E-state index contributed by atoms with van der Waals surface area (Å²) in [4.78, 5) is 0. The van der Waals surface area contributed by atoms with E-state index in [0.717, 1.165) is 32.9 Å². The lowest BCUT2D eigenvalue weighted by Crippen LogP contribution is -2.24. The van der Waals surface area contributed by atoms with Crippen LogP contribution in [0.15, 0.2) is 0 Å². The van der Waals surface area contributed by atoms with E-state index in [2.05, 4.69) is 19.2 Å². The summed E-state index contributed by atoms with van der Waals surface area (Å²) in [5.41, 5.74) is 0. The normalized spacial score (nSPS) is 11.0. The van der Waals surface area contributed by atoms with Crippen molar-refractivity contribution < 1.29 is 9.47 Å². The van der Waals surface area contributed by atoms with E-state index in [9.17, 15) is 0 Å². The monoisotopic (exact) mass is 175 g/mol. The summed E-state index contributed by atoms with van der Waals surface area (Å²) in [6.07, 6.45) is 0. The van der Waals surface area contributed by atoms with Crippen LogP contribution in [0, 0.1) is 5.92 Å². The van der Waals surface area contributed by atoms with Crippen LogP contribution in [0.1, 0.15) is 13.8 Å². The molecule has 1 N–H and O–H groups in total. The molecule has 0 aromatic carbocycles. The largest absolute Gasteiger partial charge is 0.383 e. The maximum atomic E-state index is 5.37. The third-order valence-corrected chi connectivity index (χ3v) is 1.36. The lowest BCUT2D eigenvalue weighted by molar-refractivity contribution is 0.110. The fourth-order valence-corrected chi connectivity index (χ4v) is 0.763. The molecule has 3 heteroatoms. The lowest BCUT2D eigenvalue weighted by atomic mass is 10.2. The number of hydrogen-bond acceptors (Lipinski definition) is 3. The van der Waals surface area contributed by atoms with E-state index in [4.69, 9.17) is 9.47 Å². The van der Waals surface area contributed by atoms with Gasteiger partial charge in [0.05, 0.1) is 13.2 Å². The van der Waals surface area contributed by atoms with Crippen LogP contribution in [0.25, 0.3) is 0 Å². The van der Waals surface area contributed by atoms with Crippen LogP contribution in [0.5, 0.6) is 0 Å². The second kappa shape index (κ2) is 8.97. The standard InChI is InChI=1S/C9H21NO2/c1-9(2)8-12-7-5-10-4-6-11-3/h9-10H,4-8H2,1-3H3. The summed E-state index contributed by atoms with van der Waals surface area (Å²) in [5, 5.41) is 3.21. The van der Waals surface area contributed by atoms with Crippen LogP contribution in [0.2, 0.25) is 0 Å². The van der Waals surface area contributed by atoms with Crippen LogP contribution in [0.3, 0.4) is 0 Å². The molecule has 0 spiro atoms. The van der Waals surface area contributed by atoms with Crippen molar-refractivity contribution in [1.82, 2.24) is 5.32 Å². The van der Waals surface area contributed by atoms with Crippen molar-refractivity contribution in [2.24, 2.45) is 5.92 Å². The minimum absolute atomic E-state index is 0.629. The van der Waals surface area contributed by atoms with E-state index in [1.54, 1.807) is 7.11 Å². The van der Waals surface area contributed by atoms with E-state index in [1.807, 2.05) is 0 Å². The SMILES string of the molecule is COCCNCCOCC(C)C. The number of ether oxygens (including phenoxy) is 2. The zero-order valence-electron chi connectivity index (χ0n) is 8.43. The van der Waals surface area contributed by atoms with Crippen molar-refractivity contribution in [1.29, 1.82) is 0 Å². The second-order valence-electron chi connectivity index (χ2n) is 3.21. The number of rotatable bonds is 8. The Morgan fingerprint density at radius 3 is 2.42 bits per heavy atom. The topological polar surface area (TPSA) is 30.5 Å². The fraction of sp³-hybridized carbons (Fsp3) is 1.00. The molecule has 0 radical (unpaired) electrons. The molecule has 0 bridgehead atoms. The summed E-state index contributed by atoms with van der Waals surface area (Å²) in [6.45, 7) is 8.53. The maximum absolute atomic E-state index is 5.37. The van der Waals surface area contributed by atoms with Gasteiger partial charge in [-0.3, -0.25) is 0 Å². The lowest BCUT2D eigenvalue weighted by Gasteiger charge is -2.07. The minimum atomic E-state index is 0.629. The van der Waals surface area contributed by atoms with Gasteiger partial charge in [-0.1, -0.05) is 13.8 Å². The van der Waals surface area contributed by atoms with Gasteiger partial charge < -0.3 is 14.8 Å². The highest BCUT2D eigenvalue weighted by Gasteiger charge is 1.92. The molecule has 74 valence electrons. The molecule has 0 rings (SSSR count). The van der Waals surface area contributed by atoms with Crippen LogP contribution >= 0.6 is 0 Å². The van der Waals surface area contributed by atoms with Crippen molar-refractivity contribution in [3.8, 4) is 0 Å². The molecule has 0 heterocycles. The van der Waals surface area contributed by atoms with Crippen molar-refractivity contribution in [2.75, 3.05) is 40.0 Å². The van der Waals surface area contributed by atoms with Gasteiger partial charge in [-0.15, -0.1) is 0 Å². The Morgan fingerprint density at radius 1 is 1.17 bits per heavy atom. The fourth-order valence-electron chi connectivity index (χ4n) is 0.763. The molecule has 0 aliphatic heterocycles. The summed E-state index contributed by atoms with van der Waals surface area (Å²) < 4.78 is 10.3. The molecule has 0 aliphatic carbocycles. The summed E-state index contributed by atoms with van der Waals surface area (Å²) in [7, 11) is 1.71. The first kappa shape index (κ1) is 11.9. The molecule has 0 unspecified atom stereocenters. The van der Waals surface area contributed by atoms with E-state index in [1.165, 1.54) is 0 Å². The number of nitrogens with one attached hydrogen (secondary N) is 1. The molecule has 3 nitrogen and oxygen atoms in total. The summed E-state index contributed by atoms with van der Waals surface area (Å²) in [6, 6.07) is 0. The smallest absolute Gasteiger partial charge is 0.0591 e. The van der Waals surface area contributed by atoms with Crippen molar-refractivity contribution >= 4 is 0 Å². The maximum Gasteiger partial charge on any atom is 0.0591 e. The zero-order chi connectivity index (χ0) is 9.23. The third kappa shape index (κ3) is 9.88. The van der Waals surface area contributed by atoms with Gasteiger partial charge in [-0.05, 0) is 5.92 Å². The van der Waals surface area contributed by atoms with Gasteiger partial charge in [0.1, 0.15) is 0 Å². The summed E-state index contributed by atoms with van der Waals surface area (Å²) in [5.74, 6) is 0.629. The average Bonchev–Trinajstić information content (AvgIpc) is 2.02. The molecule has 0 aromatic rings. The zero-order valence-corrected chi connectivity index (χ0v) is 8.43. The van der Waals surface area contributed by atoms with Gasteiger partial charge in [0.2, 0.25) is 0 Å². The quantitative estimate of drug-likeness (QED) is 0.556. The predicted molar refractivity (Wildman–Crippen MR) is 50.4 cm³/mol. The highest BCUT2D eigenvalue weighted by molar-refractivity contribution is 4.45. The van der Waals surface area contributed by atoms with Crippen LogP contribution in [-0.2, 0) is 9.47 Å². The van der Waals surface area contributed by atoms with Gasteiger partial charge in [-0.2, -0.15) is 0 Å². The molecule has 0 saturated heterocycles. The van der Waals surface area contributed by atoms with Crippen LogP contribution in [-0.4, -0.2) is 40.0 Å². The first-order valence-electron chi connectivity index (χ1n) is 4.54. The Kier molecular flexibility index (Phi) is 8.88. The van der Waals surface area contributed by atoms with E-state index < -0.39 is 0 Å². The summed E-state index contributed by atoms with van der Waals surface area (Å²) >= 11 is 0. The van der Waals surface area contributed by atoms with Crippen molar-refractivity contribution in [3.05, 3.63) is 0 Å². The highest BCUT2D eigenvalue weighted by atomic mass is 16.5. The van der Waals surface area contributed by atoms with Gasteiger partial charge >= 0.3 is 0 Å². The number of hydrogen-bond donors (Lipinski definition) is 1. The Labute approximate surface area is 75.4 Å². The van der Waals surface area contributed by atoms with Gasteiger partial charge in [0.15, 0.2) is 0 Å². The van der Waals surface area contributed by atoms with Crippen molar-refractivity contribution in [3.63, 3.8) is 0 Å². The molecule has 0 fully saturated rings. The molecule has 0 atom stereocenters. The Morgan fingerprint density at radius 2 is 1.83 bits per heavy atom. The predicted octanol–water partition coefficient (Wildman–Crippen LogP) is 0.895. The number of methoxy groups -OCH3 is 1. The van der Waals surface area contributed by atoms with Crippen molar-refractivity contribution in [2.45, 2.75) is 13.8 Å². The van der Waals surface area contributed by atoms with E-state index in [0.29, 0.717) is 5.92 Å². The molecular formula is C9H21NO2. The third-order valence-electron chi connectivity index (χ3n) is 1.36. The average molecular weight is 175 g/mol. The van der Waals surface area contributed by atoms with Gasteiger partial charge in [0.25, 0.3) is 0 Å². The van der Waals surface area contributed by atoms with Crippen LogP contribution in [0.4, 0.5) is 0 Å². The Balaban J connectivity index is 2.82. The minimum Gasteiger partial charge on any atom is -0.383 e. The van der Waals surface area contributed by atoms with Gasteiger partial charge in [0, 0.05) is 26.8 Å². The first-order chi connectivity index (χ1) is 5.77. The molecule has 0 aromatic heterocycles. The Bertz CT molecular complexity index is 86.6. The Hall–Kier alpha value is -0.120. The van der Waals surface area contributed by atoms with Gasteiger partial charge in [-0.25, -0.2) is 0 Å². The van der Waals surface area contributed by atoms with Crippen LogP contribution < -0.4 is 5.32 Å². The molecule has 12 heavy (non-hydrogen) atoms. The second-order valence-corrected chi connectivity index (χ2v) is 3.21. The molecular weight excluding hydrogens is 154 g/mol. The molecule has 0 saturated carbocycles. The van der Waals surface area contributed by atoms with E-state index in [-0.39, 0.29) is 0 Å². The highest BCUT2D eigenvalue weighted by Crippen LogP contribution is 1.90.